The molecule has 0 saturated carbocycles. The van der Waals surface area contributed by atoms with Gasteiger partial charge in [-0.15, -0.1) is 12.4 Å². The molecule has 1 aromatic carbocycles. The molecule has 4 nitrogen and oxygen atoms in total. The number of halogens is 1. The molecule has 3 N–H and O–H groups in total. The van der Waals surface area contributed by atoms with Crippen LogP contribution in [0.2, 0.25) is 0 Å². The third kappa shape index (κ3) is 4.70. The van der Waals surface area contributed by atoms with Crippen molar-refractivity contribution < 1.29 is 9.53 Å². The van der Waals surface area contributed by atoms with Crippen LogP contribution >= 0.6 is 12.4 Å². The van der Waals surface area contributed by atoms with Crippen LogP contribution in [0.3, 0.4) is 0 Å². The smallest absolute Gasteiger partial charge is 0.237 e. The van der Waals surface area contributed by atoms with Gasteiger partial charge >= 0.3 is 0 Å². The molecule has 0 bridgehead atoms. The number of hydrogen-bond acceptors (Lipinski definition) is 3. The van der Waals surface area contributed by atoms with E-state index in [1.165, 1.54) is 22.3 Å². The Morgan fingerprint density at radius 1 is 1.27 bits per heavy atom. The van der Waals surface area contributed by atoms with Crippen molar-refractivity contribution in [2.45, 2.75) is 46.2 Å². The third-order valence-electron chi connectivity index (χ3n) is 4.36. The molecule has 0 aliphatic carbocycles. The molecule has 1 aromatic rings. The van der Waals surface area contributed by atoms with Crippen LogP contribution < -0.4 is 11.1 Å². The highest BCUT2D eigenvalue weighted by molar-refractivity contribution is 5.85. The highest BCUT2D eigenvalue weighted by Crippen LogP contribution is 2.19. The number of benzene rings is 1. The molecule has 0 radical (unpaired) electrons. The Morgan fingerprint density at radius 2 is 1.82 bits per heavy atom. The lowest BCUT2D eigenvalue weighted by Crippen LogP contribution is -2.46. The molecule has 124 valence electrons. The molecule has 0 spiro atoms. The molecule has 1 atom stereocenters. The Labute approximate surface area is 139 Å². The molecule has 22 heavy (non-hydrogen) atoms. The van der Waals surface area contributed by atoms with Gasteiger partial charge in [-0.1, -0.05) is 17.7 Å². The summed E-state index contributed by atoms with van der Waals surface area (Å²) in [4.78, 5) is 12.2. The molecule has 1 heterocycles. The maximum atomic E-state index is 12.2. The van der Waals surface area contributed by atoms with Crippen molar-refractivity contribution in [2.24, 2.45) is 11.7 Å². The summed E-state index contributed by atoms with van der Waals surface area (Å²) < 4.78 is 5.31. The molecule has 0 aromatic heterocycles. The summed E-state index contributed by atoms with van der Waals surface area (Å²) in [6.07, 6.45) is 1.74. The van der Waals surface area contributed by atoms with Crippen LogP contribution in [0.5, 0.6) is 0 Å². The van der Waals surface area contributed by atoms with Crippen LogP contribution in [-0.4, -0.2) is 25.2 Å². The Bertz CT molecular complexity index is 490. The summed E-state index contributed by atoms with van der Waals surface area (Å²) in [5.74, 6) is 0.181. The molecular formula is C17H27ClN2O2. The van der Waals surface area contributed by atoms with Gasteiger partial charge in [0.1, 0.15) is 0 Å². The lowest BCUT2D eigenvalue weighted by molar-refractivity contribution is -0.124. The van der Waals surface area contributed by atoms with Crippen LogP contribution in [0.1, 0.15) is 35.1 Å². The Kier molecular flexibility index (Phi) is 7.33. The number of ether oxygens (including phenoxy) is 1. The first kappa shape index (κ1) is 18.9. The van der Waals surface area contributed by atoms with Gasteiger partial charge < -0.3 is 15.8 Å². The van der Waals surface area contributed by atoms with Gasteiger partial charge in [0.15, 0.2) is 0 Å². The Hall–Kier alpha value is -1.10. The van der Waals surface area contributed by atoms with Crippen molar-refractivity contribution in [3.05, 3.63) is 34.4 Å². The van der Waals surface area contributed by atoms with Crippen molar-refractivity contribution in [1.29, 1.82) is 0 Å². The maximum Gasteiger partial charge on any atom is 0.237 e. The first-order valence-corrected chi connectivity index (χ1v) is 7.67. The normalized spacial score (nSPS) is 16.7. The van der Waals surface area contributed by atoms with Gasteiger partial charge in [-0.2, -0.15) is 0 Å². The van der Waals surface area contributed by atoms with Gasteiger partial charge in [0.2, 0.25) is 5.91 Å². The lowest BCUT2D eigenvalue weighted by atomic mass is 9.91. The van der Waals surface area contributed by atoms with Crippen LogP contribution in [0, 0.1) is 26.7 Å². The number of nitrogens with one attached hydrogen (secondary N) is 1. The summed E-state index contributed by atoms with van der Waals surface area (Å²) in [7, 11) is 0. The number of nitrogens with two attached hydrogens (primary N) is 1. The molecule has 5 heteroatoms. The van der Waals surface area contributed by atoms with Gasteiger partial charge in [-0.25, -0.2) is 0 Å². The number of rotatable bonds is 4. The zero-order valence-corrected chi connectivity index (χ0v) is 14.5. The van der Waals surface area contributed by atoms with E-state index in [2.05, 4.69) is 38.2 Å². The summed E-state index contributed by atoms with van der Waals surface area (Å²) in [6.45, 7) is 8.22. The fourth-order valence-electron chi connectivity index (χ4n) is 3.07. The van der Waals surface area contributed by atoms with E-state index in [9.17, 15) is 4.79 Å². The number of aryl methyl sites for hydroxylation is 3. The molecular weight excluding hydrogens is 300 g/mol. The second-order valence-corrected chi connectivity index (χ2v) is 6.07. The number of hydrogen-bond donors (Lipinski definition) is 2. The molecule has 2 rings (SSSR count). The Morgan fingerprint density at radius 3 is 2.36 bits per heavy atom. The zero-order valence-electron chi connectivity index (χ0n) is 13.6. The molecule has 1 aliphatic rings. The molecule has 1 unspecified atom stereocenters. The van der Waals surface area contributed by atoms with Gasteiger partial charge in [-0.3, -0.25) is 4.79 Å². The van der Waals surface area contributed by atoms with Crippen molar-refractivity contribution in [1.82, 2.24) is 5.32 Å². The topological polar surface area (TPSA) is 64.4 Å². The van der Waals surface area contributed by atoms with E-state index in [1.807, 2.05) is 0 Å². The molecule has 1 saturated heterocycles. The van der Waals surface area contributed by atoms with Crippen LogP contribution in [0.15, 0.2) is 12.1 Å². The first-order chi connectivity index (χ1) is 9.99. The fourth-order valence-corrected chi connectivity index (χ4v) is 3.07. The van der Waals surface area contributed by atoms with E-state index in [1.54, 1.807) is 0 Å². The molecule has 1 aliphatic heterocycles. The van der Waals surface area contributed by atoms with Crippen LogP contribution in [-0.2, 0) is 16.1 Å². The largest absolute Gasteiger partial charge is 0.381 e. The molecule has 1 amide bonds. The standard InChI is InChI=1S/C17H26N2O2.ClH/c1-11-8-12(2)15(13(3)9-11)10-19-17(20)16(18)14-4-6-21-7-5-14;/h8-9,14,16H,4-7,10,18H2,1-3H3,(H,19,20);1H. The van der Waals surface area contributed by atoms with Gasteiger partial charge in [0.25, 0.3) is 0 Å². The Balaban J connectivity index is 0.00000242. The highest BCUT2D eigenvalue weighted by Gasteiger charge is 2.26. The van der Waals surface area contributed by atoms with E-state index in [0.29, 0.717) is 19.8 Å². The highest BCUT2D eigenvalue weighted by atomic mass is 35.5. The second kappa shape index (κ2) is 8.51. The van der Waals surface area contributed by atoms with E-state index >= 15 is 0 Å². The van der Waals surface area contributed by atoms with Crippen LogP contribution in [0.4, 0.5) is 0 Å². The van der Waals surface area contributed by atoms with Gasteiger partial charge in [0.05, 0.1) is 6.04 Å². The average Bonchev–Trinajstić information content (AvgIpc) is 2.46. The number of amides is 1. The third-order valence-corrected chi connectivity index (χ3v) is 4.36. The monoisotopic (exact) mass is 326 g/mol. The fraction of sp³-hybridized carbons (Fsp3) is 0.588. The summed E-state index contributed by atoms with van der Waals surface area (Å²) >= 11 is 0. The summed E-state index contributed by atoms with van der Waals surface area (Å²) in [5.41, 5.74) is 11.0. The van der Waals surface area contributed by atoms with Crippen molar-refractivity contribution in [3.8, 4) is 0 Å². The minimum Gasteiger partial charge on any atom is -0.381 e. The first-order valence-electron chi connectivity index (χ1n) is 7.67. The van der Waals surface area contributed by atoms with E-state index in [-0.39, 0.29) is 24.2 Å². The maximum absolute atomic E-state index is 12.2. The minimum atomic E-state index is -0.431. The van der Waals surface area contributed by atoms with Gasteiger partial charge in [-0.05, 0) is 56.2 Å². The molecule has 1 fully saturated rings. The lowest BCUT2D eigenvalue weighted by Gasteiger charge is -2.27. The number of carbonyl (C=O) groups excluding carboxylic acids is 1. The zero-order chi connectivity index (χ0) is 15.4. The van der Waals surface area contributed by atoms with E-state index in [4.69, 9.17) is 10.5 Å². The van der Waals surface area contributed by atoms with Crippen LogP contribution in [0.25, 0.3) is 0 Å². The predicted octanol–water partition coefficient (Wildman–Crippen LogP) is 2.40. The van der Waals surface area contributed by atoms with E-state index < -0.39 is 6.04 Å². The second-order valence-electron chi connectivity index (χ2n) is 6.07. The average molecular weight is 327 g/mol. The van der Waals surface area contributed by atoms with Gasteiger partial charge in [0, 0.05) is 19.8 Å². The summed E-state index contributed by atoms with van der Waals surface area (Å²) in [6, 6.07) is 3.86. The summed E-state index contributed by atoms with van der Waals surface area (Å²) in [5, 5.41) is 2.99. The SMILES string of the molecule is Cc1cc(C)c(CNC(=O)C(N)C2CCOCC2)c(C)c1.Cl. The minimum absolute atomic E-state index is 0. The van der Waals surface area contributed by atoms with E-state index in [0.717, 1.165) is 12.8 Å². The van der Waals surface area contributed by atoms with Crippen molar-refractivity contribution in [3.63, 3.8) is 0 Å². The quantitative estimate of drug-likeness (QED) is 0.893. The number of carbonyl (C=O) groups is 1. The predicted molar refractivity (Wildman–Crippen MR) is 91.3 cm³/mol. The van der Waals surface area contributed by atoms with Crippen molar-refractivity contribution >= 4 is 18.3 Å². The van der Waals surface area contributed by atoms with Crippen molar-refractivity contribution in [2.75, 3.05) is 13.2 Å².